The van der Waals surface area contributed by atoms with E-state index in [1.54, 1.807) is 6.07 Å². The number of hydrogen-bond acceptors (Lipinski definition) is 7. The van der Waals surface area contributed by atoms with E-state index in [1.165, 1.54) is 69.9 Å². The maximum absolute atomic E-state index is 11.7. The summed E-state index contributed by atoms with van der Waals surface area (Å²) in [4.78, 5) is 21.3. The van der Waals surface area contributed by atoms with Crippen molar-refractivity contribution in [3.05, 3.63) is 53.6 Å². The molecule has 0 amide bonds. The highest BCUT2D eigenvalue weighted by molar-refractivity contribution is 5.96. The van der Waals surface area contributed by atoms with Crippen LogP contribution in [0, 0.1) is 0 Å². The minimum Gasteiger partial charge on any atom is -0.507 e. The Bertz CT molecular complexity index is 1210. The molecule has 6 rings (SSSR count). The van der Waals surface area contributed by atoms with Crippen LogP contribution in [0.5, 0.6) is 5.75 Å². The number of aliphatic hydroxyl groups is 1. The molecule has 3 aliphatic heterocycles. The minimum absolute atomic E-state index is 0.140. The molecule has 39 heavy (non-hydrogen) atoms. The summed E-state index contributed by atoms with van der Waals surface area (Å²) in [5.41, 5.74) is 2.35. The van der Waals surface area contributed by atoms with E-state index in [9.17, 15) is 20.1 Å². The van der Waals surface area contributed by atoms with Crippen molar-refractivity contribution in [1.82, 2.24) is 10.2 Å². The summed E-state index contributed by atoms with van der Waals surface area (Å²) >= 11 is 0. The summed E-state index contributed by atoms with van der Waals surface area (Å²) in [6.07, 6.45) is 13.2. The highest BCUT2D eigenvalue weighted by atomic mass is 16.4. The van der Waals surface area contributed by atoms with Crippen LogP contribution in [0.25, 0.3) is 0 Å². The number of anilines is 1. The highest BCUT2D eigenvalue weighted by Gasteiger charge is 2.47. The molecule has 2 aromatic carbocycles. The van der Waals surface area contributed by atoms with Crippen molar-refractivity contribution in [3.63, 3.8) is 0 Å². The molecule has 8 heteroatoms. The predicted molar refractivity (Wildman–Crippen MR) is 152 cm³/mol. The van der Waals surface area contributed by atoms with Gasteiger partial charge in [0.15, 0.2) is 12.1 Å². The zero-order chi connectivity index (χ0) is 26.9. The standard InChI is InChI=1S/C31H40N4O4/c36-28-15-12-20(16-25(28)31(38)39)19-32-29-30(37)35(27-11-7-6-10-26(27)33-29)24-17-22-13-14-23(18-24)34(22)21-8-4-2-1-3-5-9-21/h6-7,10-12,15-16,21-24,30,36-37H,1-5,8-9,13-14,17-19H2,(H,32,33)(H,38,39)/t22-,23+,24+,30?. The summed E-state index contributed by atoms with van der Waals surface area (Å²) < 4.78 is 0. The van der Waals surface area contributed by atoms with Crippen molar-refractivity contribution < 1.29 is 20.1 Å². The quantitative estimate of drug-likeness (QED) is 0.421. The van der Waals surface area contributed by atoms with E-state index in [0.29, 0.717) is 29.5 Å². The van der Waals surface area contributed by atoms with Gasteiger partial charge in [0.2, 0.25) is 0 Å². The first-order valence-electron chi connectivity index (χ1n) is 14.7. The molecular weight excluding hydrogens is 492 g/mol. The van der Waals surface area contributed by atoms with Gasteiger partial charge in [-0.2, -0.15) is 0 Å². The third-order valence-corrected chi connectivity index (χ3v) is 9.33. The molecule has 2 saturated heterocycles. The molecular formula is C31H40N4O4. The maximum atomic E-state index is 11.7. The van der Waals surface area contributed by atoms with Crippen molar-refractivity contribution in [3.8, 4) is 5.75 Å². The fourth-order valence-corrected chi connectivity index (χ4v) is 7.55. The second-order valence-electron chi connectivity index (χ2n) is 11.7. The number of aliphatic imine (C=N–C) groups is 1. The van der Waals surface area contributed by atoms with E-state index in [1.807, 2.05) is 18.2 Å². The van der Waals surface area contributed by atoms with Crippen LogP contribution in [-0.2, 0) is 6.54 Å². The predicted octanol–water partition coefficient (Wildman–Crippen LogP) is 5.16. The highest BCUT2D eigenvalue weighted by Crippen LogP contribution is 2.45. The number of fused-ring (bicyclic) bond motifs is 3. The SMILES string of the molecule is O=C(O)c1cc(CNC2=Nc3ccccc3N([C@H]3C[C@H]4CC[C@@H](C3)N4C3CCCCCCC3)C2O)ccc1O. The van der Waals surface area contributed by atoms with Gasteiger partial charge in [0.1, 0.15) is 11.3 Å². The maximum Gasteiger partial charge on any atom is 0.339 e. The fourth-order valence-electron chi connectivity index (χ4n) is 7.55. The number of rotatable bonds is 5. The zero-order valence-corrected chi connectivity index (χ0v) is 22.5. The van der Waals surface area contributed by atoms with Gasteiger partial charge in [-0.15, -0.1) is 0 Å². The van der Waals surface area contributed by atoms with Gasteiger partial charge >= 0.3 is 5.97 Å². The summed E-state index contributed by atoms with van der Waals surface area (Å²) in [5.74, 6) is -0.972. The Kier molecular flexibility index (Phi) is 7.49. The first kappa shape index (κ1) is 26.1. The number of carboxylic acid groups (broad SMARTS) is 1. The summed E-state index contributed by atoms with van der Waals surface area (Å²) in [5, 5.41) is 34.1. The van der Waals surface area contributed by atoms with Crippen LogP contribution in [0.2, 0.25) is 0 Å². The molecule has 3 fully saturated rings. The Hall–Kier alpha value is -3.10. The third kappa shape index (κ3) is 5.24. The van der Waals surface area contributed by atoms with Crippen molar-refractivity contribution in [1.29, 1.82) is 0 Å². The van der Waals surface area contributed by atoms with Crippen LogP contribution in [0.15, 0.2) is 47.5 Å². The van der Waals surface area contributed by atoms with Crippen LogP contribution in [-0.4, -0.2) is 62.4 Å². The molecule has 2 bridgehead atoms. The van der Waals surface area contributed by atoms with E-state index in [-0.39, 0.29) is 23.9 Å². The van der Waals surface area contributed by atoms with Crippen LogP contribution in [0.3, 0.4) is 0 Å². The Morgan fingerprint density at radius 1 is 0.897 bits per heavy atom. The monoisotopic (exact) mass is 532 g/mol. The van der Waals surface area contributed by atoms with E-state index < -0.39 is 12.2 Å². The van der Waals surface area contributed by atoms with Crippen LogP contribution >= 0.6 is 0 Å². The van der Waals surface area contributed by atoms with Crippen LogP contribution in [0.4, 0.5) is 11.4 Å². The van der Waals surface area contributed by atoms with Crippen molar-refractivity contribution in [2.24, 2.45) is 4.99 Å². The molecule has 208 valence electrons. The molecule has 4 N–H and O–H groups in total. The van der Waals surface area contributed by atoms with Gasteiger partial charge in [-0.05, 0) is 68.4 Å². The molecule has 3 heterocycles. The fraction of sp³-hybridized carbons (Fsp3) is 0.548. The molecule has 4 atom stereocenters. The lowest BCUT2D eigenvalue weighted by molar-refractivity contribution is 0.0553. The second kappa shape index (κ2) is 11.2. The number of hydrogen-bond donors (Lipinski definition) is 4. The molecule has 1 unspecified atom stereocenters. The van der Waals surface area contributed by atoms with Crippen LogP contribution in [0.1, 0.15) is 86.6 Å². The average molecular weight is 533 g/mol. The number of piperidine rings is 1. The second-order valence-corrected chi connectivity index (χ2v) is 11.7. The Labute approximate surface area is 230 Å². The molecule has 0 radical (unpaired) electrons. The Morgan fingerprint density at radius 2 is 1.59 bits per heavy atom. The molecule has 1 aliphatic carbocycles. The number of nitrogens with zero attached hydrogens (tertiary/aromatic N) is 3. The lowest BCUT2D eigenvalue weighted by atomic mass is 9.89. The average Bonchev–Trinajstić information content (AvgIpc) is 3.16. The number of benzene rings is 2. The first-order chi connectivity index (χ1) is 19.0. The Balaban J connectivity index is 1.20. The van der Waals surface area contributed by atoms with E-state index in [0.717, 1.165) is 24.2 Å². The van der Waals surface area contributed by atoms with Crippen molar-refractivity contribution in [2.75, 3.05) is 4.90 Å². The van der Waals surface area contributed by atoms with Gasteiger partial charge in [-0.1, -0.05) is 50.3 Å². The topological polar surface area (TPSA) is 109 Å². The van der Waals surface area contributed by atoms with E-state index in [4.69, 9.17) is 4.99 Å². The summed E-state index contributed by atoms with van der Waals surface area (Å²) in [6.45, 7) is 0.290. The summed E-state index contributed by atoms with van der Waals surface area (Å²) in [6, 6.07) is 14.6. The molecule has 1 saturated carbocycles. The molecule has 8 nitrogen and oxygen atoms in total. The normalized spacial score (nSPS) is 27.8. The number of carboxylic acids is 1. The van der Waals surface area contributed by atoms with Gasteiger partial charge in [-0.3, -0.25) is 4.90 Å². The zero-order valence-electron chi connectivity index (χ0n) is 22.5. The number of aromatic hydroxyl groups is 1. The first-order valence-corrected chi connectivity index (χ1v) is 14.7. The molecule has 0 spiro atoms. The number of phenols is 1. The number of amidine groups is 1. The number of nitrogens with one attached hydrogen (secondary N) is 1. The number of carbonyl (C=O) groups is 1. The van der Waals surface area contributed by atoms with Gasteiger partial charge in [0.25, 0.3) is 0 Å². The van der Waals surface area contributed by atoms with Gasteiger partial charge < -0.3 is 25.5 Å². The van der Waals surface area contributed by atoms with Crippen LogP contribution < -0.4 is 10.2 Å². The van der Waals surface area contributed by atoms with E-state index in [2.05, 4.69) is 21.2 Å². The van der Waals surface area contributed by atoms with Crippen molar-refractivity contribution >= 4 is 23.2 Å². The summed E-state index contributed by atoms with van der Waals surface area (Å²) in [7, 11) is 0. The largest absolute Gasteiger partial charge is 0.507 e. The van der Waals surface area contributed by atoms with Gasteiger partial charge in [0, 0.05) is 30.7 Å². The van der Waals surface area contributed by atoms with Crippen molar-refractivity contribution in [2.45, 2.75) is 108 Å². The Morgan fingerprint density at radius 3 is 2.31 bits per heavy atom. The molecule has 0 aromatic heterocycles. The van der Waals surface area contributed by atoms with Gasteiger partial charge in [0.05, 0.1) is 11.4 Å². The minimum atomic E-state index is -1.18. The smallest absolute Gasteiger partial charge is 0.339 e. The lowest BCUT2D eigenvalue weighted by Gasteiger charge is -2.49. The number of aliphatic hydroxyl groups excluding tert-OH is 1. The van der Waals surface area contributed by atoms with E-state index >= 15 is 0 Å². The lowest BCUT2D eigenvalue weighted by Crippen LogP contribution is -2.59. The molecule has 2 aromatic rings. The van der Waals surface area contributed by atoms with Gasteiger partial charge in [-0.25, -0.2) is 9.79 Å². The third-order valence-electron chi connectivity index (χ3n) is 9.33. The molecule has 4 aliphatic rings. The number of aromatic carboxylic acids is 1. The number of para-hydroxylation sites is 2.